The molecule has 2 atom stereocenters. The summed E-state index contributed by atoms with van der Waals surface area (Å²) in [6.45, 7) is 3.52. The monoisotopic (exact) mass is 338 g/mol. The van der Waals surface area contributed by atoms with Crippen molar-refractivity contribution in [3.05, 3.63) is 27.1 Å². The summed E-state index contributed by atoms with van der Waals surface area (Å²) in [7, 11) is 1.70. The predicted octanol–water partition coefficient (Wildman–Crippen LogP) is 1.54. The Morgan fingerprint density at radius 2 is 2.30 bits per heavy atom. The molecule has 7 heteroatoms. The van der Waals surface area contributed by atoms with Crippen LogP contribution in [0, 0.1) is 5.92 Å². The van der Waals surface area contributed by atoms with Crippen LogP contribution in [-0.2, 0) is 11.8 Å². The summed E-state index contributed by atoms with van der Waals surface area (Å²) in [6.07, 6.45) is 1.72. The summed E-state index contributed by atoms with van der Waals surface area (Å²) in [5, 5.41) is 4.09. The third kappa shape index (κ3) is 2.31. The van der Waals surface area contributed by atoms with Crippen LogP contribution >= 0.6 is 15.9 Å². The fourth-order valence-corrected chi connectivity index (χ4v) is 2.80. The van der Waals surface area contributed by atoms with Gasteiger partial charge in [-0.25, -0.2) is 4.98 Å². The number of aromatic nitrogens is 3. The minimum Gasteiger partial charge on any atom is -0.379 e. The summed E-state index contributed by atoms with van der Waals surface area (Å²) in [5.41, 5.74) is 0.502. The zero-order chi connectivity index (χ0) is 14.3. The van der Waals surface area contributed by atoms with Gasteiger partial charge >= 0.3 is 0 Å². The third-order valence-electron chi connectivity index (χ3n) is 3.58. The van der Waals surface area contributed by atoms with Gasteiger partial charge in [-0.1, -0.05) is 6.92 Å². The lowest BCUT2D eigenvalue weighted by Gasteiger charge is -2.15. The molecule has 1 aliphatic heterocycles. The second-order valence-corrected chi connectivity index (χ2v) is 5.95. The first kappa shape index (κ1) is 13.5. The smallest absolute Gasteiger partial charge is 0.266 e. The van der Waals surface area contributed by atoms with Crippen molar-refractivity contribution in [3.8, 4) is 0 Å². The number of rotatable bonds is 2. The molecule has 0 unspecified atom stereocenters. The van der Waals surface area contributed by atoms with Crippen LogP contribution in [0.25, 0.3) is 11.0 Å². The SMILES string of the molecule is C[C@H]1COC[C@H]1Nc1ncc2cc(Br)c(=O)n(C)c2n1. The Balaban J connectivity index is 2.00. The average molecular weight is 339 g/mol. The van der Waals surface area contributed by atoms with Gasteiger partial charge in [-0.05, 0) is 22.0 Å². The van der Waals surface area contributed by atoms with Crippen molar-refractivity contribution in [2.45, 2.75) is 13.0 Å². The van der Waals surface area contributed by atoms with Crippen LogP contribution in [0.4, 0.5) is 5.95 Å². The van der Waals surface area contributed by atoms with Gasteiger partial charge in [0.1, 0.15) is 5.65 Å². The lowest BCUT2D eigenvalue weighted by atomic mass is 10.1. The van der Waals surface area contributed by atoms with Gasteiger partial charge in [-0.3, -0.25) is 9.36 Å². The molecule has 2 aromatic heterocycles. The van der Waals surface area contributed by atoms with E-state index in [0.717, 1.165) is 12.0 Å². The van der Waals surface area contributed by atoms with E-state index in [2.05, 4.69) is 38.1 Å². The Morgan fingerprint density at radius 3 is 3.00 bits per heavy atom. The van der Waals surface area contributed by atoms with Gasteiger partial charge in [-0.2, -0.15) is 4.98 Å². The van der Waals surface area contributed by atoms with Gasteiger partial charge in [0.15, 0.2) is 0 Å². The van der Waals surface area contributed by atoms with Gasteiger partial charge < -0.3 is 10.1 Å². The maximum atomic E-state index is 11.9. The van der Waals surface area contributed by atoms with Crippen molar-refractivity contribution < 1.29 is 4.74 Å². The minimum atomic E-state index is -0.111. The lowest BCUT2D eigenvalue weighted by Crippen LogP contribution is -2.27. The predicted molar refractivity (Wildman–Crippen MR) is 79.9 cm³/mol. The number of anilines is 1. The number of halogens is 1. The fraction of sp³-hybridized carbons (Fsp3) is 0.462. The molecule has 0 aliphatic carbocycles. The number of fused-ring (bicyclic) bond motifs is 1. The van der Waals surface area contributed by atoms with Crippen molar-refractivity contribution in [3.63, 3.8) is 0 Å². The molecule has 1 fully saturated rings. The molecular formula is C13H15BrN4O2. The van der Waals surface area contributed by atoms with Crippen LogP contribution in [-0.4, -0.2) is 33.8 Å². The zero-order valence-corrected chi connectivity index (χ0v) is 12.8. The van der Waals surface area contributed by atoms with Gasteiger partial charge in [0.2, 0.25) is 5.95 Å². The second-order valence-electron chi connectivity index (χ2n) is 5.09. The quantitative estimate of drug-likeness (QED) is 0.899. The average Bonchev–Trinajstić information content (AvgIpc) is 2.83. The van der Waals surface area contributed by atoms with Crippen LogP contribution in [0.1, 0.15) is 6.92 Å². The van der Waals surface area contributed by atoms with Crippen LogP contribution in [0.15, 0.2) is 21.5 Å². The van der Waals surface area contributed by atoms with E-state index in [9.17, 15) is 4.79 Å². The maximum absolute atomic E-state index is 11.9. The molecule has 1 saturated heterocycles. The molecule has 6 nitrogen and oxygen atoms in total. The molecule has 106 valence electrons. The molecule has 2 aromatic rings. The highest BCUT2D eigenvalue weighted by molar-refractivity contribution is 9.10. The molecule has 0 saturated carbocycles. The fourth-order valence-electron chi connectivity index (χ4n) is 2.29. The van der Waals surface area contributed by atoms with Gasteiger partial charge in [0.05, 0.1) is 23.7 Å². The number of pyridine rings is 1. The first-order valence-corrected chi connectivity index (χ1v) is 7.22. The van der Waals surface area contributed by atoms with E-state index in [4.69, 9.17) is 4.74 Å². The van der Waals surface area contributed by atoms with E-state index in [-0.39, 0.29) is 11.6 Å². The number of hydrogen-bond donors (Lipinski definition) is 1. The molecular weight excluding hydrogens is 324 g/mol. The number of hydrogen-bond acceptors (Lipinski definition) is 5. The summed E-state index contributed by atoms with van der Waals surface area (Å²) >= 11 is 3.24. The number of ether oxygens (including phenoxy) is 1. The zero-order valence-electron chi connectivity index (χ0n) is 11.3. The molecule has 3 rings (SSSR count). The summed E-state index contributed by atoms with van der Waals surface area (Å²) in [5.74, 6) is 0.945. The van der Waals surface area contributed by atoms with Crippen molar-refractivity contribution in [2.24, 2.45) is 13.0 Å². The number of aryl methyl sites for hydroxylation is 1. The highest BCUT2D eigenvalue weighted by Crippen LogP contribution is 2.18. The molecule has 0 spiro atoms. The molecule has 20 heavy (non-hydrogen) atoms. The van der Waals surface area contributed by atoms with E-state index in [0.29, 0.717) is 28.6 Å². The van der Waals surface area contributed by atoms with E-state index in [1.165, 1.54) is 4.57 Å². The molecule has 1 N–H and O–H groups in total. The van der Waals surface area contributed by atoms with Gasteiger partial charge in [0.25, 0.3) is 5.56 Å². The maximum Gasteiger partial charge on any atom is 0.266 e. The van der Waals surface area contributed by atoms with Crippen LogP contribution in [0.3, 0.4) is 0 Å². The first-order valence-electron chi connectivity index (χ1n) is 6.43. The van der Waals surface area contributed by atoms with Crippen molar-refractivity contribution >= 4 is 32.9 Å². The van der Waals surface area contributed by atoms with E-state index < -0.39 is 0 Å². The van der Waals surface area contributed by atoms with E-state index in [1.807, 2.05) is 0 Å². The molecule has 0 radical (unpaired) electrons. The van der Waals surface area contributed by atoms with Crippen molar-refractivity contribution in [2.75, 3.05) is 18.5 Å². The highest BCUT2D eigenvalue weighted by atomic mass is 79.9. The van der Waals surface area contributed by atoms with E-state index in [1.54, 1.807) is 19.3 Å². The normalized spacial score (nSPS) is 22.4. The molecule has 1 aliphatic rings. The Bertz CT molecular complexity index is 715. The molecule has 0 bridgehead atoms. The third-order valence-corrected chi connectivity index (χ3v) is 4.15. The summed E-state index contributed by atoms with van der Waals surface area (Å²) in [6, 6.07) is 1.95. The standard InChI is InChI=1S/C13H15BrN4O2/c1-7-5-20-6-10(7)16-13-15-4-8-3-9(14)12(19)18(2)11(8)17-13/h3-4,7,10H,5-6H2,1-2H3,(H,15,16,17)/t7-,10+/m0/s1. The van der Waals surface area contributed by atoms with Crippen LogP contribution < -0.4 is 10.9 Å². The summed E-state index contributed by atoms with van der Waals surface area (Å²) < 4.78 is 7.43. The Morgan fingerprint density at radius 1 is 1.50 bits per heavy atom. The largest absolute Gasteiger partial charge is 0.379 e. The molecule has 3 heterocycles. The topological polar surface area (TPSA) is 69.0 Å². The highest BCUT2D eigenvalue weighted by Gasteiger charge is 2.24. The first-order chi connectivity index (χ1) is 9.56. The van der Waals surface area contributed by atoms with Crippen LogP contribution in [0.2, 0.25) is 0 Å². The van der Waals surface area contributed by atoms with Crippen molar-refractivity contribution in [1.82, 2.24) is 14.5 Å². The molecule has 0 amide bonds. The number of nitrogens with zero attached hydrogens (tertiary/aromatic N) is 3. The summed E-state index contributed by atoms with van der Waals surface area (Å²) in [4.78, 5) is 20.6. The lowest BCUT2D eigenvalue weighted by molar-refractivity contribution is 0.187. The van der Waals surface area contributed by atoms with Crippen molar-refractivity contribution in [1.29, 1.82) is 0 Å². The minimum absolute atomic E-state index is 0.111. The second kappa shape index (κ2) is 5.14. The van der Waals surface area contributed by atoms with Gasteiger partial charge in [-0.15, -0.1) is 0 Å². The Labute approximate surface area is 124 Å². The Kier molecular flexibility index (Phi) is 3.47. The number of nitrogens with one attached hydrogen (secondary N) is 1. The van der Waals surface area contributed by atoms with Crippen LogP contribution in [0.5, 0.6) is 0 Å². The molecule has 0 aromatic carbocycles. The van der Waals surface area contributed by atoms with E-state index >= 15 is 0 Å². The Hall–Kier alpha value is -1.47. The van der Waals surface area contributed by atoms with Gasteiger partial charge in [0, 0.05) is 24.5 Å².